The van der Waals surface area contributed by atoms with E-state index in [-0.39, 0.29) is 23.6 Å². The molecule has 1 aliphatic carbocycles. The van der Waals surface area contributed by atoms with Crippen LogP contribution >= 0.6 is 0 Å². The maximum Gasteiger partial charge on any atom is 0.227 e. The van der Waals surface area contributed by atoms with Gasteiger partial charge in [-0.15, -0.1) is 0 Å². The van der Waals surface area contributed by atoms with Crippen molar-refractivity contribution in [3.8, 4) is 0 Å². The zero-order valence-corrected chi connectivity index (χ0v) is 14.5. The lowest BCUT2D eigenvalue weighted by atomic mass is 9.86. The fraction of sp³-hybridized carbons (Fsp3) is 0.562. The Balaban J connectivity index is 1.89. The van der Waals surface area contributed by atoms with Crippen LogP contribution < -0.4 is 10.0 Å². The summed E-state index contributed by atoms with van der Waals surface area (Å²) in [5.74, 6) is -2.16. The number of sulfonamides is 1. The zero-order valence-electron chi connectivity index (χ0n) is 13.7. The second kappa shape index (κ2) is 7.57. The molecule has 0 bridgehead atoms. The molecular weight excluding hydrogens is 338 g/mol. The number of rotatable bonds is 5. The van der Waals surface area contributed by atoms with Crippen molar-refractivity contribution in [1.82, 2.24) is 4.72 Å². The van der Waals surface area contributed by atoms with Crippen molar-refractivity contribution < 1.29 is 22.0 Å². The molecule has 0 aromatic heterocycles. The van der Waals surface area contributed by atoms with Gasteiger partial charge in [-0.2, -0.15) is 0 Å². The quantitative estimate of drug-likeness (QED) is 0.848. The molecule has 0 aliphatic heterocycles. The molecule has 2 N–H and O–H groups in total. The first-order valence-corrected chi connectivity index (χ1v) is 9.50. The lowest BCUT2D eigenvalue weighted by Gasteiger charge is -2.28. The second-order valence-electron chi connectivity index (χ2n) is 6.37. The van der Waals surface area contributed by atoms with Crippen molar-refractivity contribution in [3.05, 3.63) is 29.8 Å². The molecule has 1 aliphatic rings. The first-order valence-electron chi connectivity index (χ1n) is 7.96. The highest BCUT2D eigenvalue weighted by atomic mass is 32.2. The summed E-state index contributed by atoms with van der Waals surface area (Å²) in [6, 6.07) is 2.80. The maximum atomic E-state index is 13.6. The summed E-state index contributed by atoms with van der Waals surface area (Å²) in [4.78, 5) is 12.2. The lowest BCUT2D eigenvalue weighted by Crippen LogP contribution is -2.42. The molecule has 134 valence electrons. The number of hydrogen-bond donors (Lipinski definition) is 2. The van der Waals surface area contributed by atoms with Crippen LogP contribution in [0.1, 0.15) is 39.5 Å². The van der Waals surface area contributed by atoms with Gasteiger partial charge < -0.3 is 5.32 Å². The molecule has 1 amide bonds. The zero-order chi connectivity index (χ0) is 17.9. The third-order valence-corrected chi connectivity index (χ3v) is 6.14. The molecule has 1 aromatic rings. The minimum Gasteiger partial charge on any atom is -0.323 e. The Morgan fingerprint density at radius 2 is 1.79 bits per heavy atom. The minimum atomic E-state index is -3.33. The van der Waals surface area contributed by atoms with Gasteiger partial charge in [-0.25, -0.2) is 21.9 Å². The van der Waals surface area contributed by atoms with E-state index in [9.17, 15) is 22.0 Å². The van der Waals surface area contributed by atoms with Gasteiger partial charge in [0.25, 0.3) is 0 Å². The number of benzene rings is 1. The molecule has 0 radical (unpaired) electrons. The Labute approximate surface area is 140 Å². The predicted molar refractivity (Wildman–Crippen MR) is 87.9 cm³/mol. The summed E-state index contributed by atoms with van der Waals surface area (Å²) in [6.45, 7) is 3.22. The van der Waals surface area contributed by atoms with Gasteiger partial charge in [-0.3, -0.25) is 4.79 Å². The van der Waals surface area contributed by atoms with E-state index < -0.39 is 26.9 Å². The van der Waals surface area contributed by atoms with Crippen molar-refractivity contribution in [2.45, 2.75) is 50.8 Å². The van der Waals surface area contributed by atoms with Crippen LogP contribution in [0.15, 0.2) is 18.2 Å². The highest BCUT2D eigenvalue weighted by Gasteiger charge is 2.29. The summed E-state index contributed by atoms with van der Waals surface area (Å²) in [7, 11) is -3.33. The number of nitrogens with one attached hydrogen (secondary N) is 2. The Morgan fingerprint density at radius 3 is 2.33 bits per heavy atom. The van der Waals surface area contributed by atoms with E-state index in [1.807, 2.05) is 0 Å². The molecular formula is C16H22F2N2O3S. The average Bonchev–Trinajstić information content (AvgIpc) is 2.50. The Morgan fingerprint density at radius 1 is 1.17 bits per heavy atom. The maximum absolute atomic E-state index is 13.6. The van der Waals surface area contributed by atoms with Gasteiger partial charge in [0, 0.05) is 18.0 Å². The molecule has 1 saturated carbocycles. The van der Waals surface area contributed by atoms with E-state index in [1.54, 1.807) is 13.8 Å². The monoisotopic (exact) mass is 360 g/mol. The van der Waals surface area contributed by atoms with Crippen LogP contribution in [0.3, 0.4) is 0 Å². The van der Waals surface area contributed by atoms with Crippen molar-refractivity contribution in [1.29, 1.82) is 0 Å². The van der Waals surface area contributed by atoms with E-state index in [4.69, 9.17) is 0 Å². The molecule has 24 heavy (non-hydrogen) atoms. The van der Waals surface area contributed by atoms with Gasteiger partial charge in [0.2, 0.25) is 15.9 Å². The van der Waals surface area contributed by atoms with Gasteiger partial charge >= 0.3 is 0 Å². The van der Waals surface area contributed by atoms with Crippen molar-refractivity contribution in [2.24, 2.45) is 5.92 Å². The first-order chi connectivity index (χ1) is 11.2. The highest BCUT2D eigenvalue weighted by Crippen LogP contribution is 2.27. The summed E-state index contributed by atoms with van der Waals surface area (Å²) in [5, 5.41) is 1.97. The fourth-order valence-electron chi connectivity index (χ4n) is 2.67. The van der Waals surface area contributed by atoms with Crippen LogP contribution in [0.5, 0.6) is 0 Å². The van der Waals surface area contributed by atoms with E-state index in [0.717, 1.165) is 6.07 Å². The normalized spacial score (nSPS) is 21.7. The second-order valence-corrected chi connectivity index (χ2v) is 8.64. The van der Waals surface area contributed by atoms with Gasteiger partial charge in [0.05, 0.1) is 10.9 Å². The van der Waals surface area contributed by atoms with E-state index in [2.05, 4.69) is 10.0 Å². The first kappa shape index (κ1) is 18.8. The molecule has 1 fully saturated rings. The fourth-order valence-corrected chi connectivity index (χ4v) is 3.64. The minimum absolute atomic E-state index is 0.0518. The third-order valence-electron chi connectivity index (χ3n) is 4.24. The number of halogens is 2. The van der Waals surface area contributed by atoms with Crippen LogP contribution in [0.4, 0.5) is 14.5 Å². The smallest absolute Gasteiger partial charge is 0.227 e. The average molecular weight is 360 g/mol. The molecule has 5 nitrogen and oxygen atoms in total. The largest absolute Gasteiger partial charge is 0.323 e. The summed E-state index contributed by atoms with van der Waals surface area (Å²) >= 11 is 0. The summed E-state index contributed by atoms with van der Waals surface area (Å²) in [6.07, 6.45) is 2.13. The topological polar surface area (TPSA) is 75.3 Å². The van der Waals surface area contributed by atoms with Crippen LogP contribution in [0.2, 0.25) is 0 Å². The van der Waals surface area contributed by atoms with E-state index >= 15 is 0 Å². The molecule has 2 rings (SSSR count). The van der Waals surface area contributed by atoms with Gasteiger partial charge in [0.1, 0.15) is 11.6 Å². The lowest BCUT2D eigenvalue weighted by molar-refractivity contribution is -0.120. The SMILES string of the molecule is CC(C)S(=O)(=O)NC1CCC(C(=O)Nc2ccc(F)cc2F)CC1. The van der Waals surface area contributed by atoms with Gasteiger partial charge in [-0.1, -0.05) is 0 Å². The number of anilines is 1. The van der Waals surface area contributed by atoms with Crippen LogP contribution in [-0.2, 0) is 14.8 Å². The van der Waals surface area contributed by atoms with Crippen molar-refractivity contribution in [3.63, 3.8) is 0 Å². The standard InChI is InChI=1S/C16H22F2N2O3S/c1-10(2)24(22,23)20-13-6-3-11(4-7-13)16(21)19-15-8-5-12(17)9-14(15)18/h5,8-11,13,20H,3-4,6-7H2,1-2H3,(H,19,21). The van der Waals surface area contributed by atoms with Crippen LogP contribution in [-0.4, -0.2) is 25.6 Å². The summed E-state index contributed by atoms with van der Waals surface area (Å²) in [5.41, 5.74) is -0.0518. The van der Waals surface area contributed by atoms with Crippen LogP contribution in [0, 0.1) is 17.6 Å². The summed E-state index contributed by atoms with van der Waals surface area (Å²) < 4.78 is 52.8. The van der Waals surface area contributed by atoms with E-state index in [1.165, 1.54) is 6.07 Å². The van der Waals surface area contributed by atoms with Crippen molar-refractivity contribution >= 4 is 21.6 Å². The molecule has 0 saturated heterocycles. The number of amides is 1. The molecule has 0 spiro atoms. The molecule has 0 atom stereocenters. The third kappa shape index (κ3) is 4.73. The number of carbonyl (C=O) groups excluding carboxylic acids is 1. The molecule has 0 heterocycles. The predicted octanol–water partition coefficient (Wildman–Crippen LogP) is 2.79. The molecule has 0 unspecified atom stereocenters. The van der Waals surface area contributed by atoms with Crippen molar-refractivity contribution in [2.75, 3.05) is 5.32 Å². The Hall–Kier alpha value is -1.54. The van der Waals surface area contributed by atoms with E-state index in [0.29, 0.717) is 31.7 Å². The van der Waals surface area contributed by atoms with Crippen LogP contribution in [0.25, 0.3) is 0 Å². The molecule has 1 aromatic carbocycles. The van der Waals surface area contributed by atoms with Gasteiger partial charge in [-0.05, 0) is 51.7 Å². The Bertz CT molecular complexity index is 699. The highest BCUT2D eigenvalue weighted by molar-refractivity contribution is 7.90. The number of hydrogen-bond acceptors (Lipinski definition) is 3. The Kier molecular flexibility index (Phi) is 5.92. The molecule has 8 heteroatoms. The van der Waals surface area contributed by atoms with Gasteiger partial charge in [0.15, 0.2) is 0 Å². The number of carbonyl (C=O) groups is 1.